The molecule has 0 unspecified atom stereocenters. The molecule has 1 N–H and O–H groups in total. The Kier molecular flexibility index (Phi) is 3.62. The second-order valence-corrected chi connectivity index (χ2v) is 4.53. The number of aromatic nitrogens is 1. The summed E-state index contributed by atoms with van der Waals surface area (Å²) in [5, 5.41) is 8.93. The quantitative estimate of drug-likeness (QED) is 0.940. The zero-order valence-electron chi connectivity index (χ0n) is 9.55. The lowest BCUT2D eigenvalue weighted by Gasteiger charge is -2.08. The topological polar surface area (TPSA) is 59.4 Å². The third-order valence-electron chi connectivity index (χ3n) is 2.37. The zero-order valence-corrected chi connectivity index (χ0v) is 11.1. The Hall–Kier alpha value is -1.88. The standard InChI is InChI=1S/C13H10BrNO3/c1-8-7-9(4-5-10(8)13(16)17)18-12-11(14)3-2-6-15-12/h2-7H,1H3,(H,16,17). The van der Waals surface area contributed by atoms with E-state index >= 15 is 0 Å². The first-order chi connectivity index (χ1) is 8.58. The molecule has 18 heavy (non-hydrogen) atoms. The minimum Gasteiger partial charge on any atom is -0.478 e. The Morgan fingerprint density at radius 2 is 2.17 bits per heavy atom. The highest BCUT2D eigenvalue weighted by molar-refractivity contribution is 9.10. The van der Waals surface area contributed by atoms with E-state index in [1.807, 2.05) is 6.07 Å². The van der Waals surface area contributed by atoms with Gasteiger partial charge in [-0.2, -0.15) is 0 Å². The number of ether oxygens (including phenoxy) is 1. The lowest BCUT2D eigenvalue weighted by Crippen LogP contribution is -1.99. The van der Waals surface area contributed by atoms with Gasteiger partial charge in [0.15, 0.2) is 0 Å². The monoisotopic (exact) mass is 307 g/mol. The van der Waals surface area contributed by atoms with Crippen molar-refractivity contribution in [2.24, 2.45) is 0 Å². The number of rotatable bonds is 3. The molecule has 0 saturated heterocycles. The Balaban J connectivity index is 2.29. The van der Waals surface area contributed by atoms with E-state index in [9.17, 15) is 4.79 Å². The van der Waals surface area contributed by atoms with Crippen LogP contribution in [0.1, 0.15) is 15.9 Å². The van der Waals surface area contributed by atoms with E-state index in [2.05, 4.69) is 20.9 Å². The largest absolute Gasteiger partial charge is 0.478 e. The predicted molar refractivity (Wildman–Crippen MR) is 70.1 cm³/mol. The van der Waals surface area contributed by atoms with Gasteiger partial charge < -0.3 is 9.84 Å². The maximum Gasteiger partial charge on any atom is 0.335 e. The van der Waals surface area contributed by atoms with Crippen LogP contribution in [0.25, 0.3) is 0 Å². The highest BCUT2D eigenvalue weighted by atomic mass is 79.9. The van der Waals surface area contributed by atoms with Crippen LogP contribution >= 0.6 is 15.9 Å². The number of hydrogen-bond acceptors (Lipinski definition) is 3. The van der Waals surface area contributed by atoms with Crippen LogP contribution in [0.15, 0.2) is 41.0 Å². The summed E-state index contributed by atoms with van der Waals surface area (Å²) >= 11 is 3.33. The number of hydrogen-bond donors (Lipinski definition) is 1. The number of aryl methyl sites for hydroxylation is 1. The summed E-state index contributed by atoms with van der Waals surface area (Å²) in [6, 6.07) is 8.41. The molecule has 4 nitrogen and oxygen atoms in total. The molecule has 0 saturated carbocycles. The van der Waals surface area contributed by atoms with Crippen molar-refractivity contribution in [3.8, 4) is 11.6 Å². The van der Waals surface area contributed by atoms with Crippen molar-refractivity contribution in [1.82, 2.24) is 4.98 Å². The van der Waals surface area contributed by atoms with E-state index < -0.39 is 5.97 Å². The molecule has 0 aliphatic carbocycles. The van der Waals surface area contributed by atoms with E-state index in [0.717, 1.165) is 4.47 Å². The maximum atomic E-state index is 10.9. The first-order valence-corrected chi connectivity index (χ1v) is 5.99. The molecule has 5 heteroatoms. The Labute approximate surface area is 112 Å². The number of carboxylic acids is 1. The summed E-state index contributed by atoms with van der Waals surface area (Å²) in [6.07, 6.45) is 1.62. The van der Waals surface area contributed by atoms with Crippen LogP contribution in [-0.4, -0.2) is 16.1 Å². The van der Waals surface area contributed by atoms with Crippen LogP contribution < -0.4 is 4.74 Å². The van der Waals surface area contributed by atoms with Crippen LogP contribution in [0.4, 0.5) is 0 Å². The molecule has 0 aliphatic heterocycles. The van der Waals surface area contributed by atoms with Crippen molar-refractivity contribution < 1.29 is 14.6 Å². The maximum absolute atomic E-state index is 10.9. The number of carboxylic acid groups (broad SMARTS) is 1. The minimum atomic E-state index is -0.946. The van der Waals surface area contributed by atoms with Crippen molar-refractivity contribution in [3.05, 3.63) is 52.1 Å². The number of halogens is 1. The number of aromatic carboxylic acids is 1. The summed E-state index contributed by atoms with van der Waals surface area (Å²) in [7, 11) is 0. The van der Waals surface area contributed by atoms with Crippen molar-refractivity contribution in [2.75, 3.05) is 0 Å². The van der Waals surface area contributed by atoms with Gasteiger partial charge >= 0.3 is 5.97 Å². The molecule has 0 radical (unpaired) electrons. The van der Waals surface area contributed by atoms with E-state index in [-0.39, 0.29) is 5.56 Å². The fourth-order valence-electron chi connectivity index (χ4n) is 1.50. The Morgan fingerprint density at radius 1 is 1.39 bits per heavy atom. The van der Waals surface area contributed by atoms with Crippen molar-refractivity contribution in [2.45, 2.75) is 6.92 Å². The van der Waals surface area contributed by atoms with E-state index in [0.29, 0.717) is 17.2 Å². The van der Waals surface area contributed by atoms with Crippen molar-refractivity contribution in [1.29, 1.82) is 0 Å². The third kappa shape index (κ3) is 2.68. The van der Waals surface area contributed by atoms with Crippen molar-refractivity contribution >= 4 is 21.9 Å². The normalized spacial score (nSPS) is 10.1. The molecule has 0 fully saturated rings. The van der Waals surface area contributed by atoms with Crippen LogP contribution in [0.2, 0.25) is 0 Å². The number of nitrogens with zero attached hydrogens (tertiary/aromatic N) is 1. The average Bonchev–Trinajstić information content (AvgIpc) is 2.32. The van der Waals surface area contributed by atoms with Crippen molar-refractivity contribution in [3.63, 3.8) is 0 Å². The average molecular weight is 308 g/mol. The van der Waals surface area contributed by atoms with Gasteiger partial charge in [-0.1, -0.05) is 0 Å². The van der Waals surface area contributed by atoms with Gasteiger partial charge in [0.1, 0.15) is 5.75 Å². The Bertz CT molecular complexity index is 599. The second-order valence-electron chi connectivity index (χ2n) is 3.67. The molecule has 1 aromatic heterocycles. The predicted octanol–water partition coefficient (Wildman–Crippen LogP) is 3.64. The first kappa shape index (κ1) is 12.6. The fraction of sp³-hybridized carbons (Fsp3) is 0.0769. The third-order valence-corrected chi connectivity index (χ3v) is 2.97. The molecule has 0 spiro atoms. The molecule has 0 aliphatic rings. The molecular weight excluding hydrogens is 298 g/mol. The highest BCUT2D eigenvalue weighted by Gasteiger charge is 2.09. The summed E-state index contributed by atoms with van der Waals surface area (Å²) in [5.41, 5.74) is 0.912. The van der Waals surface area contributed by atoms with E-state index in [1.54, 1.807) is 31.3 Å². The van der Waals surface area contributed by atoms with E-state index in [4.69, 9.17) is 9.84 Å². The molecule has 1 aromatic carbocycles. The van der Waals surface area contributed by atoms with Crippen LogP contribution in [0.5, 0.6) is 11.6 Å². The molecular formula is C13H10BrNO3. The summed E-state index contributed by atoms with van der Waals surface area (Å²) in [4.78, 5) is 15.0. The van der Waals surface area contributed by atoms with Gasteiger partial charge in [0, 0.05) is 6.20 Å². The number of benzene rings is 1. The first-order valence-electron chi connectivity index (χ1n) is 5.20. The van der Waals surface area contributed by atoms with Gasteiger partial charge in [-0.3, -0.25) is 0 Å². The van der Waals surface area contributed by atoms with Gasteiger partial charge in [-0.25, -0.2) is 9.78 Å². The molecule has 0 amide bonds. The van der Waals surface area contributed by atoms with Crippen LogP contribution in [-0.2, 0) is 0 Å². The second kappa shape index (κ2) is 5.18. The zero-order chi connectivity index (χ0) is 13.1. The summed E-state index contributed by atoms with van der Waals surface area (Å²) in [6.45, 7) is 1.73. The Morgan fingerprint density at radius 3 is 2.78 bits per heavy atom. The molecule has 2 rings (SSSR count). The molecule has 92 valence electrons. The molecule has 2 aromatic rings. The number of pyridine rings is 1. The van der Waals surface area contributed by atoms with Gasteiger partial charge in [0.25, 0.3) is 0 Å². The SMILES string of the molecule is Cc1cc(Oc2ncccc2Br)ccc1C(=O)O. The lowest BCUT2D eigenvalue weighted by atomic mass is 10.1. The summed E-state index contributed by atoms with van der Waals surface area (Å²) in [5.74, 6) is 0.0509. The van der Waals surface area contributed by atoms with Gasteiger partial charge in [-0.05, 0) is 58.7 Å². The highest BCUT2D eigenvalue weighted by Crippen LogP contribution is 2.27. The summed E-state index contributed by atoms with van der Waals surface area (Å²) < 4.78 is 6.31. The minimum absolute atomic E-state index is 0.266. The van der Waals surface area contributed by atoms with Crippen LogP contribution in [0.3, 0.4) is 0 Å². The molecule has 0 atom stereocenters. The fourth-order valence-corrected chi connectivity index (χ4v) is 1.83. The van der Waals surface area contributed by atoms with Gasteiger partial charge in [0.05, 0.1) is 10.0 Å². The number of carbonyl (C=O) groups is 1. The van der Waals surface area contributed by atoms with Gasteiger partial charge in [-0.15, -0.1) is 0 Å². The smallest absolute Gasteiger partial charge is 0.335 e. The molecule has 0 bridgehead atoms. The van der Waals surface area contributed by atoms with Crippen LogP contribution in [0, 0.1) is 6.92 Å². The van der Waals surface area contributed by atoms with Gasteiger partial charge in [0.2, 0.25) is 5.88 Å². The lowest BCUT2D eigenvalue weighted by molar-refractivity contribution is 0.0696. The molecule has 1 heterocycles. The van der Waals surface area contributed by atoms with E-state index in [1.165, 1.54) is 6.07 Å².